The first-order valence-corrected chi connectivity index (χ1v) is 10.3. The summed E-state index contributed by atoms with van der Waals surface area (Å²) in [4.78, 5) is 41.3. The molecule has 2 heterocycles. The largest absolute Gasteiger partial charge is 0.459 e. The Kier molecular flexibility index (Phi) is 6.50. The van der Waals surface area contributed by atoms with Crippen LogP contribution >= 0.6 is 0 Å². The predicted molar refractivity (Wildman–Crippen MR) is 119 cm³/mol. The maximum Gasteiger partial charge on any atom is 0.340 e. The van der Waals surface area contributed by atoms with Gasteiger partial charge in [-0.2, -0.15) is 0 Å². The molecule has 2 amide bonds. The van der Waals surface area contributed by atoms with Crippen molar-refractivity contribution in [2.75, 3.05) is 43.0 Å². The van der Waals surface area contributed by atoms with Crippen molar-refractivity contribution < 1.29 is 23.5 Å². The van der Waals surface area contributed by atoms with Gasteiger partial charge in [0.05, 0.1) is 17.5 Å². The van der Waals surface area contributed by atoms with Crippen LogP contribution in [-0.2, 0) is 9.53 Å². The van der Waals surface area contributed by atoms with Crippen LogP contribution < -0.4 is 10.2 Å². The monoisotopic (exact) mass is 433 g/mol. The Labute approximate surface area is 185 Å². The molecule has 0 atom stereocenters. The Balaban J connectivity index is 1.30. The Morgan fingerprint density at radius 2 is 1.59 bits per heavy atom. The van der Waals surface area contributed by atoms with E-state index in [1.165, 1.54) is 18.4 Å². The third-order valence-corrected chi connectivity index (χ3v) is 5.22. The molecule has 8 heteroatoms. The average molecular weight is 433 g/mol. The van der Waals surface area contributed by atoms with Crippen LogP contribution in [-0.4, -0.2) is 55.5 Å². The molecule has 1 fully saturated rings. The zero-order valence-electron chi connectivity index (χ0n) is 17.4. The quantitative estimate of drug-likeness (QED) is 0.601. The van der Waals surface area contributed by atoms with Gasteiger partial charge in [-0.1, -0.05) is 30.3 Å². The van der Waals surface area contributed by atoms with E-state index in [4.69, 9.17) is 9.15 Å². The molecule has 1 aliphatic rings. The molecule has 0 unspecified atom stereocenters. The summed E-state index contributed by atoms with van der Waals surface area (Å²) in [6.45, 7) is 2.18. The Hall–Kier alpha value is -4.07. The van der Waals surface area contributed by atoms with Crippen molar-refractivity contribution in [3.8, 4) is 0 Å². The normalized spacial score (nSPS) is 13.5. The number of ether oxygens (including phenoxy) is 1. The number of piperazine rings is 1. The van der Waals surface area contributed by atoms with Crippen molar-refractivity contribution in [1.82, 2.24) is 4.90 Å². The lowest BCUT2D eigenvalue weighted by atomic mass is 10.1. The number of carbonyl (C=O) groups excluding carboxylic acids is 3. The topological polar surface area (TPSA) is 92.1 Å². The van der Waals surface area contributed by atoms with E-state index >= 15 is 0 Å². The van der Waals surface area contributed by atoms with Crippen molar-refractivity contribution in [3.63, 3.8) is 0 Å². The molecule has 1 saturated heterocycles. The summed E-state index contributed by atoms with van der Waals surface area (Å²) in [5.41, 5.74) is 1.57. The fraction of sp³-hybridized carbons (Fsp3) is 0.208. The highest BCUT2D eigenvalue weighted by molar-refractivity contribution is 6.06. The van der Waals surface area contributed by atoms with Crippen LogP contribution in [0.1, 0.15) is 20.9 Å². The van der Waals surface area contributed by atoms with Crippen LogP contribution in [0.5, 0.6) is 0 Å². The third kappa shape index (κ3) is 4.97. The average Bonchev–Trinajstić information content (AvgIpc) is 3.39. The fourth-order valence-electron chi connectivity index (χ4n) is 3.51. The summed E-state index contributed by atoms with van der Waals surface area (Å²) in [6.07, 6.45) is 1.39. The van der Waals surface area contributed by atoms with Gasteiger partial charge in [0.15, 0.2) is 12.4 Å². The summed E-state index contributed by atoms with van der Waals surface area (Å²) < 4.78 is 10.3. The number of hydrogen-bond acceptors (Lipinski definition) is 6. The molecule has 1 N–H and O–H groups in total. The number of amides is 2. The zero-order valence-corrected chi connectivity index (χ0v) is 17.4. The summed E-state index contributed by atoms with van der Waals surface area (Å²) in [5.74, 6) is -1.29. The second kappa shape index (κ2) is 9.82. The Bertz CT molecular complexity index is 1070. The van der Waals surface area contributed by atoms with E-state index in [1.807, 2.05) is 30.3 Å². The van der Waals surface area contributed by atoms with Gasteiger partial charge in [-0.3, -0.25) is 9.59 Å². The number of rotatable bonds is 6. The standard InChI is InChI=1S/C24H23N3O5/c28-22(27-14-12-26(13-15-27)18-7-2-1-3-8-18)17-32-24(30)19-9-4-5-10-20(19)25-23(29)21-11-6-16-31-21/h1-11,16H,12-15,17H2,(H,25,29). The van der Waals surface area contributed by atoms with Crippen molar-refractivity contribution in [2.24, 2.45) is 0 Å². The number of carbonyl (C=O) groups is 3. The van der Waals surface area contributed by atoms with Crippen molar-refractivity contribution in [1.29, 1.82) is 0 Å². The second-order valence-electron chi connectivity index (χ2n) is 7.26. The van der Waals surface area contributed by atoms with Crippen molar-refractivity contribution in [2.45, 2.75) is 0 Å². The van der Waals surface area contributed by atoms with Crippen molar-refractivity contribution >= 4 is 29.2 Å². The smallest absolute Gasteiger partial charge is 0.340 e. The molecule has 8 nitrogen and oxygen atoms in total. The Morgan fingerprint density at radius 1 is 0.875 bits per heavy atom. The van der Waals surface area contributed by atoms with Gasteiger partial charge in [0, 0.05) is 31.9 Å². The first-order chi connectivity index (χ1) is 15.6. The van der Waals surface area contributed by atoms with E-state index < -0.39 is 11.9 Å². The minimum Gasteiger partial charge on any atom is -0.459 e. The maximum absolute atomic E-state index is 12.6. The van der Waals surface area contributed by atoms with Crippen LogP contribution in [0.15, 0.2) is 77.4 Å². The van der Waals surface area contributed by atoms with Gasteiger partial charge >= 0.3 is 5.97 Å². The van der Waals surface area contributed by atoms with Crippen LogP contribution in [0.2, 0.25) is 0 Å². The number of benzene rings is 2. The SMILES string of the molecule is O=C(Nc1ccccc1C(=O)OCC(=O)N1CCN(c2ccccc2)CC1)c1ccco1. The molecule has 1 aromatic heterocycles. The zero-order chi connectivity index (χ0) is 22.3. The van der Waals surface area contributed by atoms with E-state index in [1.54, 1.807) is 29.2 Å². The minimum absolute atomic E-state index is 0.123. The van der Waals surface area contributed by atoms with E-state index in [9.17, 15) is 14.4 Å². The Morgan fingerprint density at radius 3 is 2.31 bits per heavy atom. The van der Waals surface area contributed by atoms with Gasteiger partial charge in [0.25, 0.3) is 11.8 Å². The van der Waals surface area contributed by atoms with Crippen LogP contribution in [0.25, 0.3) is 0 Å². The lowest BCUT2D eigenvalue weighted by Gasteiger charge is -2.36. The lowest BCUT2D eigenvalue weighted by Crippen LogP contribution is -2.49. The van der Waals surface area contributed by atoms with Gasteiger partial charge in [0.1, 0.15) is 0 Å². The first kappa shape index (κ1) is 21.2. The highest BCUT2D eigenvalue weighted by atomic mass is 16.5. The number of para-hydroxylation sites is 2. The molecular formula is C24H23N3O5. The van der Waals surface area contributed by atoms with Gasteiger partial charge in [-0.05, 0) is 36.4 Å². The highest BCUT2D eigenvalue weighted by Crippen LogP contribution is 2.18. The van der Waals surface area contributed by atoms with E-state index in [-0.39, 0.29) is 29.5 Å². The van der Waals surface area contributed by atoms with Crippen LogP contribution in [0.3, 0.4) is 0 Å². The summed E-state index contributed by atoms with van der Waals surface area (Å²) in [7, 11) is 0. The maximum atomic E-state index is 12.6. The molecule has 164 valence electrons. The lowest BCUT2D eigenvalue weighted by molar-refractivity contribution is -0.134. The number of nitrogens with zero attached hydrogens (tertiary/aromatic N) is 2. The number of esters is 1. The van der Waals surface area contributed by atoms with E-state index in [0.717, 1.165) is 5.69 Å². The van der Waals surface area contributed by atoms with Gasteiger partial charge in [-0.15, -0.1) is 0 Å². The van der Waals surface area contributed by atoms with Crippen LogP contribution in [0, 0.1) is 0 Å². The second-order valence-corrected chi connectivity index (χ2v) is 7.26. The number of anilines is 2. The van der Waals surface area contributed by atoms with Gasteiger partial charge < -0.3 is 24.3 Å². The molecule has 4 rings (SSSR count). The molecule has 0 spiro atoms. The molecule has 0 aliphatic carbocycles. The molecule has 3 aromatic rings. The van der Waals surface area contributed by atoms with Crippen molar-refractivity contribution in [3.05, 3.63) is 84.3 Å². The molecule has 0 bridgehead atoms. The first-order valence-electron chi connectivity index (χ1n) is 10.3. The number of furan rings is 1. The van der Waals surface area contributed by atoms with E-state index in [2.05, 4.69) is 10.2 Å². The predicted octanol–water partition coefficient (Wildman–Crippen LogP) is 3.04. The molecular weight excluding hydrogens is 410 g/mol. The summed E-state index contributed by atoms with van der Waals surface area (Å²) >= 11 is 0. The molecule has 2 aromatic carbocycles. The van der Waals surface area contributed by atoms with E-state index in [0.29, 0.717) is 26.2 Å². The number of nitrogens with one attached hydrogen (secondary N) is 1. The molecule has 0 radical (unpaired) electrons. The number of hydrogen-bond donors (Lipinski definition) is 1. The third-order valence-electron chi connectivity index (χ3n) is 5.22. The summed E-state index contributed by atoms with van der Waals surface area (Å²) in [6, 6.07) is 19.6. The highest BCUT2D eigenvalue weighted by Gasteiger charge is 2.23. The molecule has 1 aliphatic heterocycles. The van der Waals surface area contributed by atoms with Crippen LogP contribution in [0.4, 0.5) is 11.4 Å². The minimum atomic E-state index is -0.684. The van der Waals surface area contributed by atoms with Gasteiger partial charge in [-0.25, -0.2) is 4.79 Å². The summed E-state index contributed by atoms with van der Waals surface area (Å²) in [5, 5.41) is 2.63. The molecule has 32 heavy (non-hydrogen) atoms. The fourth-order valence-corrected chi connectivity index (χ4v) is 3.51. The molecule has 0 saturated carbocycles. The van der Waals surface area contributed by atoms with Gasteiger partial charge in [0.2, 0.25) is 0 Å².